The minimum absolute atomic E-state index is 0.610. The van der Waals surface area contributed by atoms with Crippen LogP contribution in [0.4, 0.5) is 11.6 Å². The maximum absolute atomic E-state index is 5.37. The molecule has 0 saturated heterocycles. The number of hydrogen-bond acceptors (Lipinski definition) is 6. The Kier molecular flexibility index (Phi) is 3.69. The Bertz CT molecular complexity index is 513. The predicted octanol–water partition coefficient (Wildman–Crippen LogP) is 1.10. The third kappa shape index (κ3) is 2.92. The smallest absolute Gasteiger partial charge is 0.145 e. The zero-order valence-electron chi connectivity index (χ0n) is 10.5. The van der Waals surface area contributed by atoms with E-state index in [1.54, 1.807) is 12.4 Å². The zero-order chi connectivity index (χ0) is 13.0. The van der Waals surface area contributed by atoms with Crippen LogP contribution in [0.1, 0.15) is 11.4 Å². The van der Waals surface area contributed by atoms with Gasteiger partial charge in [-0.3, -0.25) is 4.98 Å². The van der Waals surface area contributed by atoms with Gasteiger partial charge in [-0.15, -0.1) is 0 Å². The van der Waals surface area contributed by atoms with Crippen molar-refractivity contribution in [2.24, 2.45) is 5.84 Å². The molecule has 0 fully saturated rings. The molecule has 6 heteroatoms. The van der Waals surface area contributed by atoms with E-state index >= 15 is 0 Å². The van der Waals surface area contributed by atoms with Crippen LogP contribution in [-0.4, -0.2) is 22.0 Å². The first-order valence-electron chi connectivity index (χ1n) is 5.61. The fourth-order valence-electron chi connectivity index (χ4n) is 1.66. The quantitative estimate of drug-likeness (QED) is 0.619. The van der Waals surface area contributed by atoms with Crippen LogP contribution in [0.5, 0.6) is 0 Å². The van der Waals surface area contributed by atoms with E-state index in [0.717, 1.165) is 12.4 Å². The Labute approximate surface area is 106 Å². The molecule has 0 radical (unpaired) electrons. The van der Waals surface area contributed by atoms with Crippen LogP contribution < -0.4 is 16.2 Å². The van der Waals surface area contributed by atoms with Crippen LogP contribution in [0.2, 0.25) is 0 Å². The number of aromatic nitrogens is 3. The maximum atomic E-state index is 5.37. The van der Waals surface area contributed by atoms with Gasteiger partial charge < -0.3 is 10.3 Å². The Balaban J connectivity index is 2.18. The molecule has 18 heavy (non-hydrogen) atoms. The van der Waals surface area contributed by atoms with Crippen molar-refractivity contribution in [3.63, 3.8) is 0 Å². The van der Waals surface area contributed by atoms with Gasteiger partial charge in [0.25, 0.3) is 0 Å². The van der Waals surface area contributed by atoms with Crippen molar-refractivity contribution in [2.45, 2.75) is 13.5 Å². The van der Waals surface area contributed by atoms with Gasteiger partial charge in [0.1, 0.15) is 17.5 Å². The van der Waals surface area contributed by atoms with Gasteiger partial charge in [0.15, 0.2) is 0 Å². The molecule has 2 aromatic rings. The third-order valence-electron chi connectivity index (χ3n) is 2.53. The minimum atomic E-state index is 0.610. The van der Waals surface area contributed by atoms with Crippen LogP contribution in [-0.2, 0) is 6.54 Å². The summed E-state index contributed by atoms with van der Waals surface area (Å²) in [5, 5.41) is 0. The van der Waals surface area contributed by atoms with Crippen LogP contribution in [0.25, 0.3) is 0 Å². The van der Waals surface area contributed by atoms with Crippen molar-refractivity contribution in [3.8, 4) is 0 Å². The molecule has 0 aromatic carbocycles. The molecule has 0 spiro atoms. The number of rotatable bonds is 4. The molecule has 0 atom stereocenters. The molecule has 2 rings (SSSR count). The van der Waals surface area contributed by atoms with Crippen LogP contribution in [0, 0.1) is 6.92 Å². The second kappa shape index (κ2) is 5.42. The molecular weight excluding hydrogens is 228 g/mol. The van der Waals surface area contributed by atoms with E-state index in [1.165, 1.54) is 5.56 Å². The Morgan fingerprint density at radius 2 is 2.00 bits per heavy atom. The number of hydrogen-bond donors (Lipinski definition) is 2. The highest BCUT2D eigenvalue weighted by molar-refractivity contribution is 5.48. The van der Waals surface area contributed by atoms with Crippen molar-refractivity contribution in [1.29, 1.82) is 0 Å². The van der Waals surface area contributed by atoms with E-state index in [4.69, 9.17) is 5.84 Å². The first-order chi connectivity index (χ1) is 8.69. The monoisotopic (exact) mass is 244 g/mol. The molecule has 0 aliphatic carbocycles. The molecule has 0 aliphatic rings. The number of nitrogens with two attached hydrogens (primary N) is 1. The van der Waals surface area contributed by atoms with E-state index in [1.807, 2.05) is 37.1 Å². The van der Waals surface area contributed by atoms with Crippen LogP contribution in [0.3, 0.4) is 0 Å². The fraction of sp³-hybridized carbons (Fsp3) is 0.250. The Morgan fingerprint density at radius 1 is 1.28 bits per heavy atom. The maximum Gasteiger partial charge on any atom is 0.145 e. The second-order valence-electron chi connectivity index (χ2n) is 4.01. The van der Waals surface area contributed by atoms with Gasteiger partial charge in [-0.25, -0.2) is 15.8 Å². The fourth-order valence-corrected chi connectivity index (χ4v) is 1.66. The molecule has 0 aliphatic heterocycles. The lowest BCUT2D eigenvalue weighted by atomic mass is 10.2. The average Bonchev–Trinajstić information content (AvgIpc) is 2.39. The molecule has 0 amide bonds. The summed E-state index contributed by atoms with van der Waals surface area (Å²) in [5.41, 5.74) is 3.71. The Hall–Kier alpha value is -2.21. The molecule has 2 aromatic heterocycles. The number of nitrogens with zero attached hydrogens (tertiary/aromatic N) is 4. The third-order valence-corrected chi connectivity index (χ3v) is 2.53. The molecule has 0 unspecified atom stereocenters. The molecule has 0 bridgehead atoms. The SMILES string of the molecule is Cc1nc(NN)cc(N(C)Cc2ccncc2)n1. The molecule has 2 heterocycles. The van der Waals surface area contributed by atoms with Crippen LogP contribution >= 0.6 is 0 Å². The first-order valence-corrected chi connectivity index (χ1v) is 5.61. The molecule has 6 nitrogen and oxygen atoms in total. The van der Waals surface area contributed by atoms with Gasteiger partial charge >= 0.3 is 0 Å². The van der Waals surface area contributed by atoms with Gasteiger partial charge in [0.05, 0.1) is 0 Å². The molecule has 94 valence electrons. The highest BCUT2D eigenvalue weighted by Crippen LogP contribution is 2.15. The van der Waals surface area contributed by atoms with E-state index in [9.17, 15) is 0 Å². The second-order valence-corrected chi connectivity index (χ2v) is 4.01. The molecule has 0 saturated carbocycles. The zero-order valence-corrected chi connectivity index (χ0v) is 10.5. The lowest BCUT2D eigenvalue weighted by Gasteiger charge is -2.19. The summed E-state index contributed by atoms with van der Waals surface area (Å²) in [6.07, 6.45) is 3.56. The highest BCUT2D eigenvalue weighted by Gasteiger charge is 2.06. The Morgan fingerprint density at radius 3 is 2.67 bits per heavy atom. The van der Waals surface area contributed by atoms with Gasteiger partial charge in [-0.05, 0) is 24.6 Å². The number of nitrogen functional groups attached to an aromatic ring is 1. The number of pyridine rings is 1. The summed E-state index contributed by atoms with van der Waals surface area (Å²) in [5.74, 6) is 7.49. The van der Waals surface area contributed by atoms with Gasteiger partial charge in [0, 0.05) is 32.1 Å². The number of aryl methyl sites for hydroxylation is 1. The predicted molar refractivity (Wildman–Crippen MR) is 70.9 cm³/mol. The summed E-state index contributed by atoms with van der Waals surface area (Å²) in [6, 6.07) is 5.77. The van der Waals surface area contributed by atoms with E-state index in [2.05, 4.69) is 20.4 Å². The highest BCUT2D eigenvalue weighted by atomic mass is 15.3. The van der Waals surface area contributed by atoms with Gasteiger partial charge in [-0.1, -0.05) is 0 Å². The van der Waals surface area contributed by atoms with E-state index < -0.39 is 0 Å². The lowest BCUT2D eigenvalue weighted by Crippen LogP contribution is -2.19. The number of nitrogens with one attached hydrogen (secondary N) is 1. The van der Waals surface area contributed by atoms with Crippen molar-refractivity contribution < 1.29 is 0 Å². The van der Waals surface area contributed by atoms with Gasteiger partial charge in [-0.2, -0.15) is 0 Å². The van der Waals surface area contributed by atoms with E-state index in [-0.39, 0.29) is 0 Å². The summed E-state index contributed by atoms with van der Waals surface area (Å²) in [7, 11) is 1.97. The summed E-state index contributed by atoms with van der Waals surface area (Å²) in [4.78, 5) is 14.6. The van der Waals surface area contributed by atoms with Crippen molar-refractivity contribution in [1.82, 2.24) is 15.0 Å². The van der Waals surface area contributed by atoms with E-state index in [0.29, 0.717) is 11.6 Å². The average molecular weight is 244 g/mol. The van der Waals surface area contributed by atoms with Crippen LogP contribution in [0.15, 0.2) is 30.6 Å². The standard InChI is InChI=1S/C12H16N6/c1-9-15-11(17-13)7-12(16-9)18(2)8-10-3-5-14-6-4-10/h3-7H,8,13H2,1-2H3,(H,15,16,17). The lowest BCUT2D eigenvalue weighted by molar-refractivity contribution is 0.877. The van der Waals surface area contributed by atoms with Crippen molar-refractivity contribution in [2.75, 3.05) is 17.4 Å². The topological polar surface area (TPSA) is 80.0 Å². The minimum Gasteiger partial charge on any atom is -0.355 e. The van der Waals surface area contributed by atoms with Gasteiger partial charge in [0.2, 0.25) is 0 Å². The summed E-state index contributed by atoms with van der Waals surface area (Å²) >= 11 is 0. The summed E-state index contributed by atoms with van der Waals surface area (Å²) < 4.78 is 0. The summed E-state index contributed by atoms with van der Waals surface area (Å²) in [6.45, 7) is 2.59. The first kappa shape index (κ1) is 12.3. The normalized spacial score (nSPS) is 10.2. The van der Waals surface area contributed by atoms with Crippen molar-refractivity contribution >= 4 is 11.6 Å². The van der Waals surface area contributed by atoms with Crippen molar-refractivity contribution in [3.05, 3.63) is 42.0 Å². The molecule has 3 N–H and O–H groups in total. The number of anilines is 2. The number of hydrazine groups is 1. The molecular formula is C12H16N6. The largest absolute Gasteiger partial charge is 0.355 e.